The minimum absolute atomic E-state index is 0.452. The van der Waals surface area contributed by atoms with Crippen LogP contribution in [0.15, 0.2) is 24.3 Å². The first-order chi connectivity index (χ1) is 7.78. The number of anilines is 3. The van der Waals surface area contributed by atoms with Gasteiger partial charge in [0, 0.05) is 5.69 Å². The van der Waals surface area contributed by atoms with Crippen LogP contribution < -0.4 is 15.8 Å². The number of nitrogens with one attached hydrogen (secondary N) is 1. The summed E-state index contributed by atoms with van der Waals surface area (Å²) in [6.45, 7) is 2.62. The van der Waals surface area contributed by atoms with Crippen LogP contribution in [0.4, 0.5) is 16.0 Å². The van der Waals surface area contributed by atoms with Crippen LogP contribution in [0.3, 0.4) is 0 Å². The molecule has 0 aliphatic rings. The highest BCUT2D eigenvalue weighted by Crippen LogP contribution is 2.23. The maximum Gasteiger partial charge on any atom is 0.211 e. The van der Waals surface area contributed by atoms with E-state index in [1.165, 1.54) is 11.3 Å². The van der Waals surface area contributed by atoms with Crippen LogP contribution in [-0.2, 0) is 0 Å². The summed E-state index contributed by atoms with van der Waals surface area (Å²) in [4.78, 5) is 0. The predicted octanol–water partition coefficient (Wildman–Crippen LogP) is 2.26. The molecule has 1 aromatic heterocycles. The van der Waals surface area contributed by atoms with E-state index in [0.717, 1.165) is 11.4 Å². The van der Waals surface area contributed by atoms with Gasteiger partial charge in [0.05, 0.1) is 6.61 Å². The number of benzene rings is 1. The minimum Gasteiger partial charge on any atom is -0.494 e. The minimum atomic E-state index is 0.452. The van der Waals surface area contributed by atoms with Gasteiger partial charge in [0.1, 0.15) is 5.75 Å². The molecule has 0 bridgehead atoms. The van der Waals surface area contributed by atoms with Crippen LogP contribution in [-0.4, -0.2) is 16.8 Å². The van der Waals surface area contributed by atoms with E-state index in [2.05, 4.69) is 15.5 Å². The Morgan fingerprint density at radius 1 is 1.31 bits per heavy atom. The molecule has 1 heterocycles. The summed E-state index contributed by atoms with van der Waals surface area (Å²) < 4.78 is 5.34. The van der Waals surface area contributed by atoms with Gasteiger partial charge in [-0.2, -0.15) is 0 Å². The van der Waals surface area contributed by atoms with Gasteiger partial charge < -0.3 is 15.8 Å². The van der Waals surface area contributed by atoms with Gasteiger partial charge in [0.2, 0.25) is 10.3 Å². The van der Waals surface area contributed by atoms with Crippen molar-refractivity contribution in [2.75, 3.05) is 17.7 Å². The van der Waals surface area contributed by atoms with E-state index in [1.54, 1.807) is 0 Å². The van der Waals surface area contributed by atoms with Gasteiger partial charge in [-0.25, -0.2) is 0 Å². The second-order valence-corrected chi connectivity index (χ2v) is 4.04. The number of hydrogen-bond acceptors (Lipinski definition) is 6. The highest BCUT2D eigenvalue weighted by atomic mass is 32.1. The van der Waals surface area contributed by atoms with Crippen molar-refractivity contribution < 1.29 is 4.74 Å². The summed E-state index contributed by atoms with van der Waals surface area (Å²) in [6, 6.07) is 7.64. The highest BCUT2D eigenvalue weighted by Gasteiger charge is 2.01. The molecule has 1 aromatic carbocycles. The van der Waals surface area contributed by atoms with Crippen molar-refractivity contribution in [1.82, 2.24) is 10.2 Å². The van der Waals surface area contributed by atoms with Crippen molar-refractivity contribution in [2.45, 2.75) is 6.92 Å². The van der Waals surface area contributed by atoms with Gasteiger partial charge in [-0.1, -0.05) is 11.3 Å². The molecule has 0 atom stereocenters. The molecule has 3 N–H and O–H groups in total. The fraction of sp³-hybridized carbons (Fsp3) is 0.200. The SMILES string of the molecule is CCOc1ccc(Nc2nnc(N)s2)cc1. The molecular formula is C10H12N4OS. The van der Waals surface area contributed by atoms with E-state index in [4.69, 9.17) is 10.5 Å². The molecule has 2 rings (SSSR count). The van der Waals surface area contributed by atoms with Crippen molar-refractivity contribution in [3.8, 4) is 5.75 Å². The molecule has 5 nitrogen and oxygen atoms in total. The molecular weight excluding hydrogens is 224 g/mol. The smallest absolute Gasteiger partial charge is 0.211 e. The standard InChI is InChI=1S/C10H12N4OS/c1-2-15-8-5-3-7(4-6-8)12-10-14-13-9(11)16-10/h3-6H,2H2,1H3,(H2,11,13)(H,12,14). The molecule has 0 amide bonds. The van der Waals surface area contributed by atoms with Crippen molar-refractivity contribution in [2.24, 2.45) is 0 Å². The Labute approximate surface area is 97.3 Å². The Balaban J connectivity index is 2.05. The molecule has 0 aliphatic carbocycles. The average Bonchev–Trinajstić information content (AvgIpc) is 2.67. The summed E-state index contributed by atoms with van der Waals surface area (Å²) in [6.07, 6.45) is 0. The fourth-order valence-corrected chi connectivity index (χ4v) is 1.74. The van der Waals surface area contributed by atoms with Crippen molar-refractivity contribution in [3.63, 3.8) is 0 Å². The Morgan fingerprint density at radius 2 is 2.06 bits per heavy atom. The quantitative estimate of drug-likeness (QED) is 0.851. The maximum atomic E-state index is 5.48. The fourth-order valence-electron chi connectivity index (χ4n) is 1.21. The highest BCUT2D eigenvalue weighted by molar-refractivity contribution is 7.18. The van der Waals surface area contributed by atoms with Gasteiger partial charge in [-0.15, -0.1) is 10.2 Å². The van der Waals surface area contributed by atoms with Crippen LogP contribution in [0.25, 0.3) is 0 Å². The van der Waals surface area contributed by atoms with E-state index in [9.17, 15) is 0 Å². The number of nitrogen functional groups attached to an aromatic ring is 1. The van der Waals surface area contributed by atoms with Crippen LogP contribution in [0.5, 0.6) is 5.75 Å². The lowest BCUT2D eigenvalue weighted by molar-refractivity contribution is 0.340. The van der Waals surface area contributed by atoms with Crippen LogP contribution in [0.2, 0.25) is 0 Å². The van der Waals surface area contributed by atoms with E-state index < -0.39 is 0 Å². The zero-order valence-corrected chi connectivity index (χ0v) is 9.62. The van der Waals surface area contributed by atoms with Gasteiger partial charge >= 0.3 is 0 Å². The maximum absolute atomic E-state index is 5.48. The van der Waals surface area contributed by atoms with E-state index in [-0.39, 0.29) is 0 Å². The number of nitrogens with two attached hydrogens (primary N) is 1. The molecule has 84 valence electrons. The topological polar surface area (TPSA) is 73.1 Å². The number of nitrogens with zero attached hydrogens (tertiary/aromatic N) is 2. The second kappa shape index (κ2) is 4.80. The van der Waals surface area contributed by atoms with Crippen LogP contribution in [0, 0.1) is 0 Å². The van der Waals surface area contributed by atoms with Crippen molar-refractivity contribution in [1.29, 1.82) is 0 Å². The van der Waals surface area contributed by atoms with E-state index >= 15 is 0 Å². The number of aromatic nitrogens is 2. The van der Waals surface area contributed by atoms with Crippen LogP contribution in [0.1, 0.15) is 6.92 Å². The molecule has 6 heteroatoms. The first-order valence-corrected chi connectivity index (χ1v) is 5.68. The molecule has 0 saturated heterocycles. The Bertz CT molecular complexity index is 454. The first kappa shape index (κ1) is 10.7. The number of rotatable bonds is 4. The molecule has 0 unspecified atom stereocenters. The lowest BCUT2D eigenvalue weighted by atomic mass is 10.3. The summed E-state index contributed by atoms with van der Waals surface area (Å²) >= 11 is 1.31. The second-order valence-electron chi connectivity index (χ2n) is 3.03. The van der Waals surface area contributed by atoms with Gasteiger partial charge in [-0.3, -0.25) is 0 Å². The third-order valence-electron chi connectivity index (χ3n) is 1.86. The van der Waals surface area contributed by atoms with E-state index in [0.29, 0.717) is 16.9 Å². The molecule has 0 radical (unpaired) electrons. The number of ether oxygens (including phenoxy) is 1. The first-order valence-electron chi connectivity index (χ1n) is 4.87. The van der Waals surface area contributed by atoms with Crippen molar-refractivity contribution in [3.05, 3.63) is 24.3 Å². The predicted molar refractivity (Wildman–Crippen MR) is 65.2 cm³/mol. The Morgan fingerprint density at radius 3 is 2.62 bits per heavy atom. The van der Waals surface area contributed by atoms with Crippen molar-refractivity contribution >= 4 is 27.3 Å². The zero-order chi connectivity index (χ0) is 11.4. The largest absolute Gasteiger partial charge is 0.494 e. The molecule has 0 spiro atoms. The molecule has 0 fully saturated rings. The third kappa shape index (κ3) is 2.60. The normalized spacial score (nSPS) is 10.1. The monoisotopic (exact) mass is 236 g/mol. The lowest BCUT2D eigenvalue weighted by Gasteiger charge is -2.04. The van der Waals surface area contributed by atoms with E-state index in [1.807, 2.05) is 31.2 Å². The average molecular weight is 236 g/mol. The summed E-state index contributed by atoms with van der Waals surface area (Å²) in [5, 5.41) is 11.8. The zero-order valence-electron chi connectivity index (χ0n) is 8.80. The third-order valence-corrected chi connectivity index (χ3v) is 2.53. The summed E-state index contributed by atoms with van der Waals surface area (Å²) in [5.74, 6) is 0.852. The van der Waals surface area contributed by atoms with Gasteiger partial charge in [0.25, 0.3) is 0 Å². The molecule has 0 saturated carbocycles. The van der Waals surface area contributed by atoms with Crippen LogP contribution >= 0.6 is 11.3 Å². The van der Waals surface area contributed by atoms with Gasteiger partial charge in [0.15, 0.2) is 0 Å². The molecule has 0 aliphatic heterocycles. The summed E-state index contributed by atoms with van der Waals surface area (Å²) in [5.41, 5.74) is 6.41. The summed E-state index contributed by atoms with van der Waals surface area (Å²) in [7, 11) is 0. The lowest BCUT2D eigenvalue weighted by Crippen LogP contribution is -1.92. The molecule has 2 aromatic rings. The molecule has 16 heavy (non-hydrogen) atoms. The Hall–Kier alpha value is -1.82. The Kier molecular flexibility index (Phi) is 3.21. The number of hydrogen-bond donors (Lipinski definition) is 2. The van der Waals surface area contributed by atoms with Gasteiger partial charge in [-0.05, 0) is 31.2 Å².